The monoisotopic (exact) mass is 432 g/mol. The second-order valence-electron chi connectivity index (χ2n) is 9.21. The number of hydrogen-bond acceptors (Lipinski definition) is 6. The standard InChI is InChI=1S/C23H24N6O3/c1-12-18-16(11-17(13-8-9-13)25-20(18)29(27-12)23(2,3)4)21(30)24-15-7-5-6-14(10-15)19-26-22(31)32-28-19/h5-7,10-11,13H,8-9H2,1-4H3,(H,24,30)(H,26,28,31). The van der Waals surface area contributed by atoms with Gasteiger partial charge in [0.1, 0.15) is 0 Å². The van der Waals surface area contributed by atoms with E-state index < -0.39 is 5.76 Å². The lowest BCUT2D eigenvalue weighted by Gasteiger charge is -2.20. The van der Waals surface area contributed by atoms with Crippen LogP contribution in [-0.4, -0.2) is 30.8 Å². The van der Waals surface area contributed by atoms with Gasteiger partial charge in [-0.25, -0.2) is 14.5 Å². The summed E-state index contributed by atoms with van der Waals surface area (Å²) < 4.78 is 6.48. The van der Waals surface area contributed by atoms with Crippen LogP contribution in [0.4, 0.5) is 5.69 Å². The minimum atomic E-state index is -0.632. The number of amides is 1. The van der Waals surface area contributed by atoms with Crippen LogP contribution in [0.2, 0.25) is 0 Å². The minimum Gasteiger partial charge on any atom is -0.322 e. The van der Waals surface area contributed by atoms with Crippen LogP contribution >= 0.6 is 0 Å². The van der Waals surface area contributed by atoms with Gasteiger partial charge in [0.25, 0.3) is 5.91 Å². The molecule has 4 aromatic rings. The first-order chi connectivity index (χ1) is 15.2. The first kappa shape index (κ1) is 20.2. The molecule has 0 atom stereocenters. The van der Waals surface area contributed by atoms with Crippen molar-refractivity contribution >= 4 is 22.6 Å². The molecule has 164 valence electrons. The highest BCUT2D eigenvalue weighted by atomic mass is 16.5. The Balaban J connectivity index is 1.56. The van der Waals surface area contributed by atoms with Crippen LogP contribution in [0.15, 0.2) is 39.6 Å². The zero-order valence-electron chi connectivity index (χ0n) is 18.4. The quantitative estimate of drug-likeness (QED) is 0.504. The van der Waals surface area contributed by atoms with Crippen molar-refractivity contribution in [1.82, 2.24) is 24.9 Å². The third kappa shape index (κ3) is 3.59. The van der Waals surface area contributed by atoms with Gasteiger partial charge in [0.15, 0.2) is 11.5 Å². The number of anilines is 1. The Hall–Kier alpha value is -3.75. The third-order valence-electron chi connectivity index (χ3n) is 5.54. The van der Waals surface area contributed by atoms with E-state index in [4.69, 9.17) is 10.1 Å². The smallest absolute Gasteiger partial charge is 0.322 e. The van der Waals surface area contributed by atoms with E-state index in [0.29, 0.717) is 28.6 Å². The highest BCUT2D eigenvalue weighted by molar-refractivity contribution is 6.12. The summed E-state index contributed by atoms with van der Waals surface area (Å²) in [4.78, 5) is 32.1. The molecule has 1 amide bonds. The lowest BCUT2D eigenvalue weighted by Crippen LogP contribution is -2.23. The van der Waals surface area contributed by atoms with E-state index in [1.807, 2.05) is 17.7 Å². The second-order valence-corrected chi connectivity index (χ2v) is 9.21. The number of benzene rings is 1. The van der Waals surface area contributed by atoms with Crippen molar-refractivity contribution in [3.63, 3.8) is 0 Å². The fourth-order valence-corrected chi connectivity index (χ4v) is 3.84. The van der Waals surface area contributed by atoms with Crippen LogP contribution in [0.1, 0.15) is 61.3 Å². The van der Waals surface area contributed by atoms with Crippen LogP contribution in [0.3, 0.4) is 0 Å². The summed E-state index contributed by atoms with van der Waals surface area (Å²) in [7, 11) is 0. The number of nitrogens with zero attached hydrogens (tertiary/aromatic N) is 4. The van der Waals surface area contributed by atoms with Crippen LogP contribution in [0.25, 0.3) is 22.4 Å². The Kier molecular flexibility index (Phi) is 4.51. The molecule has 0 unspecified atom stereocenters. The maximum Gasteiger partial charge on any atom is 0.439 e. The molecule has 0 aliphatic heterocycles. The molecule has 0 radical (unpaired) electrons. The maximum atomic E-state index is 13.4. The van der Waals surface area contributed by atoms with E-state index in [-0.39, 0.29) is 11.4 Å². The topological polar surface area (TPSA) is 119 Å². The molecule has 1 aliphatic rings. The number of rotatable bonds is 4. The van der Waals surface area contributed by atoms with Crippen LogP contribution in [0.5, 0.6) is 0 Å². The summed E-state index contributed by atoms with van der Waals surface area (Å²) in [6, 6.07) is 8.97. The second kappa shape index (κ2) is 7.15. The van der Waals surface area contributed by atoms with Gasteiger partial charge in [-0.15, -0.1) is 0 Å². The number of aromatic amines is 1. The van der Waals surface area contributed by atoms with Gasteiger partial charge in [0, 0.05) is 22.9 Å². The Morgan fingerprint density at radius 1 is 1.25 bits per heavy atom. The highest BCUT2D eigenvalue weighted by Gasteiger charge is 2.30. The number of aromatic nitrogens is 5. The number of carbonyl (C=O) groups is 1. The van der Waals surface area contributed by atoms with Crippen LogP contribution in [-0.2, 0) is 5.54 Å². The van der Waals surface area contributed by atoms with Gasteiger partial charge in [0.05, 0.1) is 22.2 Å². The molecule has 0 bridgehead atoms. The normalized spacial score (nSPS) is 14.1. The summed E-state index contributed by atoms with van der Waals surface area (Å²) in [5.74, 6) is -0.174. The van der Waals surface area contributed by atoms with Gasteiger partial charge < -0.3 is 5.32 Å². The van der Waals surface area contributed by atoms with Gasteiger partial charge in [-0.1, -0.05) is 17.3 Å². The highest BCUT2D eigenvalue weighted by Crippen LogP contribution is 2.41. The fraction of sp³-hybridized carbons (Fsp3) is 0.348. The maximum absolute atomic E-state index is 13.4. The zero-order valence-corrected chi connectivity index (χ0v) is 18.4. The van der Waals surface area contributed by atoms with Crippen molar-refractivity contribution in [3.8, 4) is 11.4 Å². The number of hydrogen-bond donors (Lipinski definition) is 2. The Bertz CT molecular complexity index is 1400. The molecule has 5 rings (SSSR count). The molecule has 3 aromatic heterocycles. The number of carbonyl (C=O) groups excluding carboxylic acids is 1. The minimum absolute atomic E-state index is 0.235. The van der Waals surface area contributed by atoms with Crippen molar-refractivity contribution in [2.45, 2.75) is 52.0 Å². The lowest BCUT2D eigenvalue weighted by molar-refractivity contribution is 0.102. The third-order valence-corrected chi connectivity index (χ3v) is 5.54. The Labute approximate surface area is 183 Å². The first-order valence-corrected chi connectivity index (χ1v) is 10.6. The molecule has 1 aromatic carbocycles. The molecule has 3 heterocycles. The van der Waals surface area contributed by atoms with E-state index >= 15 is 0 Å². The fourth-order valence-electron chi connectivity index (χ4n) is 3.84. The van der Waals surface area contributed by atoms with Gasteiger partial charge >= 0.3 is 5.76 Å². The van der Waals surface area contributed by atoms with E-state index in [0.717, 1.165) is 35.3 Å². The van der Waals surface area contributed by atoms with Crippen LogP contribution < -0.4 is 11.1 Å². The van der Waals surface area contributed by atoms with E-state index in [9.17, 15) is 9.59 Å². The molecule has 9 nitrogen and oxygen atoms in total. The molecule has 1 fully saturated rings. The van der Waals surface area contributed by atoms with Crippen molar-refractivity contribution in [2.75, 3.05) is 5.32 Å². The molecule has 0 saturated heterocycles. The number of fused-ring (bicyclic) bond motifs is 1. The van der Waals surface area contributed by atoms with Crippen LogP contribution in [0, 0.1) is 6.92 Å². The lowest BCUT2D eigenvalue weighted by atomic mass is 10.1. The Morgan fingerprint density at radius 2 is 2.03 bits per heavy atom. The summed E-state index contributed by atoms with van der Waals surface area (Å²) >= 11 is 0. The van der Waals surface area contributed by atoms with Gasteiger partial charge in [0.2, 0.25) is 0 Å². The molecule has 9 heteroatoms. The summed E-state index contributed by atoms with van der Waals surface area (Å²) in [6.07, 6.45) is 2.17. The van der Waals surface area contributed by atoms with Gasteiger partial charge in [-0.3, -0.25) is 14.3 Å². The average Bonchev–Trinajstić information content (AvgIpc) is 3.41. The molecule has 1 saturated carbocycles. The number of H-pyrrole nitrogens is 1. The molecule has 2 N–H and O–H groups in total. The van der Waals surface area contributed by atoms with Gasteiger partial charge in [-0.05, 0) is 58.7 Å². The summed E-state index contributed by atoms with van der Waals surface area (Å²) in [6.45, 7) is 8.12. The average molecular weight is 432 g/mol. The number of aryl methyl sites for hydroxylation is 1. The predicted molar refractivity (Wildman–Crippen MR) is 120 cm³/mol. The zero-order chi connectivity index (χ0) is 22.6. The largest absolute Gasteiger partial charge is 0.439 e. The van der Waals surface area contributed by atoms with Gasteiger partial charge in [-0.2, -0.15) is 5.10 Å². The van der Waals surface area contributed by atoms with E-state index in [1.54, 1.807) is 24.3 Å². The molecule has 1 aliphatic carbocycles. The summed E-state index contributed by atoms with van der Waals surface area (Å²) in [5.41, 5.74) is 3.94. The number of pyridine rings is 1. The van der Waals surface area contributed by atoms with E-state index in [1.165, 1.54) is 0 Å². The Morgan fingerprint density at radius 3 is 2.69 bits per heavy atom. The molecule has 32 heavy (non-hydrogen) atoms. The number of nitrogens with one attached hydrogen (secondary N) is 2. The summed E-state index contributed by atoms with van der Waals surface area (Å²) in [5, 5.41) is 12.2. The first-order valence-electron chi connectivity index (χ1n) is 10.6. The van der Waals surface area contributed by atoms with Crippen molar-refractivity contribution in [3.05, 3.63) is 57.8 Å². The van der Waals surface area contributed by atoms with Crippen molar-refractivity contribution in [1.29, 1.82) is 0 Å². The SMILES string of the molecule is Cc1nn(C(C)(C)C)c2nc(C3CC3)cc(C(=O)Nc3cccc(-c4noc(=O)[nH]4)c3)c12. The predicted octanol–water partition coefficient (Wildman–Crippen LogP) is 3.97. The molecular weight excluding hydrogens is 408 g/mol. The van der Waals surface area contributed by atoms with Crippen molar-refractivity contribution in [2.24, 2.45) is 0 Å². The van der Waals surface area contributed by atoms with E-state index in [2.05, 4.69) is 40.8 Å². The van der Waals surface area contributed by atoms with Crippen molar-refractivity contribution < 1.29 is 9.32 Å². The molecular formula is C23H24N6O3. The molecule has 0 spiro atoms.